The molecule has 0 atom stereocenters. The van der Waals surface area contributed by atoms with Crippen molar-refractivity contribution in [3.8, 4) is 0 Å². The minimum Gasteiger partial charge on any atom is -0.0149 e. The van der Waals surface area contributed by atoms with Crippen LogP contribution in [0.4, 0.5) is 0 Å². The zero-order chi connectivity index (χ0) is 0. The van der Waals surface area contributed by atoms with Gasteiger partial charge in [-0.25, -0.2) is 0 Å². The zero-order valence-electron chi connectivity index (χ0n) is 0.833. The molecule has 4 heteroatoms. The maximum atomic E-state index is 0. The summed E-state index contributed by atoms with van der Waals surface area (Å²) in [6.07, 6.45) is 0. The van der Waals surface area contributed by atoms with Crippen molar-refractivity contribution in [3.05, 3.63) is 0 Å². The zero-order valence-corrected chi connectivity index (χ0v) is 3.44. The SMILES string of the molecule is [Co].[InH3].[SiH4].[Ti]. The molecule has 0 saturated heterocycles. The van der Waals surface area contributed by atoms with Crippen molar-refractivity contribution in [2.75, 3.05) is 0 Å². The molecule has 0 aromatic heterocycles. The van der Waals surface area contributed by atoms with Gasteiger partial charge in [0.25, 0.3) is 0 Å². The molecule has 0 heterocycles. The van der Waals surface area contributed by atoms with Gasteiger partial charge in [0.2, 0.25) is 0 Å². The van der Waals surface area contributed by atoms with E-state index < -0.39 is 0 Å². The van der Waals surface area contributed by atoms with E-state index in [0.29, 0.717) is 0 Å². The molecule has 0 rings (SSSR count). The number of hydrogen-bond donors (Lipinski definition) is 0. The van der Waals surface area contributed by atoms with Crippen LogP contribution in [0.15, 0.2) is 0 Å². The Bertz CT molecular complexity index is 8.00. The summed E-state index contributed by atoms with van der Waals surface area (Å²) in [6.45, 7) is 0. The second kappa shape index (κ2) is 18.5. The van der Waals surface area contributed by atoms with Crippen LogP contribution >= 0.6 is 0 Å². The van der Waals surface area contributed by atoms with Crippen LogP contribution in [0, 0.1) is 0 Å². The fourth-order valence-electron chi connectivity index (χ4n) is 0. The van der Waals surface area contributed by atoms with Gasteiger partial charge >= 0.3 is 25.8 Å². The number of hydrogen-bond acceptors (Lipinski definition) is 0. The summed E-state index contributed by atoms with van der Waals surface area (Å²) in [5, 5.41) is 0. The predicted molar refractivity (Wildman–Crippen MR) is 21.3 cm³/mol. The normalized spacial score (nSPS) is 0. The summed E-state index contributed by atoms with van der Waals surface area (Å²) in [6, 6.07) is 0. The molecule has 0 fully saturated rings. The van der Waals surface area contributed by atoms with Crippen LogP contribution in [0.1, 0.15) is 0 Å². The van der Waals surface area contributed by atoms with Crippen LogP contribution in [0.2, 0.25) is 0 Å². The van der Waals surface area contributed by atoms with Crippen LogP contribution in [0.25, 0.3) is 0 Å². The summed E-state index contributed by atoms with van der Waals surface area (Å²) >= 11 is 0. The first-order chi connectivity index (χ1) is 0. The molecule has 0 amide bonds. The number of rotatable bonds is 0. The molecule has 0 saturated carbocycles. The second-order valence-electron chi connectivity index (χ2n) is 0. The molecule has 0 bridgehead atoms. The van der Waals surface area contributed by atoms with Gasteiger partial charge in [-0.15, -0.1) is 0 Å². The van der Waals surface area contributed by atoms with Gasteiger partial charge in [0, 0.05) is 38.5 Å². The molecular formula is H7CoInSiTi. The van der Waals surface area contributed by atoms with Crippen molar-refractivity contribution in [1.82, 2.24) is 0 Å². The molecule has 0 aliphatic carbocycles. The third-order valence-electron chi connectivity index (χ3n) is 0. The second-order valence-corrected chi connectivity index (χ2v) is 0. The van der Waals surface area contributed by atoms with Crippen molar-refractivity contribution < 1.29 is 38.5 Å². The van der Waals surface area contributed by atoms with Gasteiger partial charge in [-0.3, -0.25) is 0 Å². The molecule has 0 aliphatic heterocycles. The van der Waals surface area contributed by atoms with Gasteiger partial charge in [-0.2, -0.15) is 0 Å². The van der Waals surface area contributed by atoms with E-state index in [1.165, 1.54) is 0 Å². The van der Waals surface area contributed by atoms with Gasteiger partial charge < -0.3 is 0 Å². The van der Waals surface area contributed by atoms with E-state index in [4.69, 9.17) is 0 Å². The Balaban J connectivity index is 0. The Morgan fingerprint density at radius 1 is 1.00 bits per heavy atom. The van der Waals surface area contributed by atoms with Gasteiger partial charge in [0.05, 0.1) is 0 Å². The quantitative estimate of drug-likeness (QED) is 0.416. The summed E-state index contributed by atoms with van der Waals surface area (Å²) < 4.78 is 0. The molecule has 0 nitrogen and oxygen atoms in total. The van der Waals surface area contributed by atoms with E-state index in [1.54, 1.807) is 0 Å². The largest absolute Gasteiger partial charge is 0.0149 e. The molecule has 0 aliphatic rings. The predicted octanol–water partition coefficient (Wildman–Crippen LogP) is -2.64. The summed E-state index contributed by atoms with van der Waals surface area (Å²) in [5.41, 5.74) is 0. The van der Waals surface area contributed by atoms with Crippen LogP contribution < -0.4 is 0 Å². The van der Waals surface area contributed by atoms with Crippen molar-refractivity contribution in [2.24, 2.45) is 0 Å². The standard InChI is InChI=1S/Co.In.H4Si.Ti.3H/h;;1H4;;;;. The van der Waals surface area contributed by atoms with Gasteiger partial charge in [0.1, 0.15) is 0 Å². The van der Waals surface area contributed by atoms with E-state index in [9.17, 15) is 0 Å². The molecule has 0 aromatic rings. The van der Waals surface area contributed by atoms with Crippen LogP contribution in [-0.4, -0.2) is 36.8 Å². The molecule has 0 aromatic carbocycles. The summed E-state index contributed by atoms with van der Waals surface area (Å²) in [5.74, 6) is 0. The average molecular weight is 257 g/mol. The molecule has 0 spiro atoms. The first-order valence-corrected chi connectivity index (χ1v) is 0. The molecular weight excluding hydrogens is 250 g/mol. The summed E-state index contributed by atoms with van der Waals surface area (Å²) in [4.78, 5) is 0. The van der Waals surface area contributed by atoms with E-state index in [1.807, 2.05) is 0 Å². The van der Waals surface area contributed by atoms with Gasteiger partial charge in [-0.05, 0) is 11.0 Å². The van der Waals surface area contributed by atoms with Gasteiger partial charge in [0.15, 0.2) is 0 Å². The van der Waals surface area contributed by atoms with Crippen LogP contribution in [0.3, 0.4) is 0 Å². The third-order valence-corrected chi connectivity index (χ3v) is 0. The van der Waals surface area contributed by atoms with Crippen molar-refractivity contribution in [3.63, 3.8) is 0 Å². The third kappa shape index (κ3) is 8.85. The summed E-state index contributed by atoms with van der Waals surface area (Å²) in [7, 11) is 0. The van der Waals surface area contributed by atoms with Crippen LogP contribution in [0.5, 0.6) is 0 Å². The molecule has 1 radical (unpaired) electrons. The molecule has 0 N–H and O–H groups in total. The molecule has 27 valence electrons. The van der Waals surface area contributed by atoms with E-state index in [2.05, 4.69) is 0 Å². The maximum absolute atomic E-state index is 0. The van der Waals surface area contributed by atoms with Crippen LogP contribution in [-0.2, 0) is 38.5 Å². The van der Waals surface area contributed by atoms with Gasteiger partial charge in [-0.1, -0.05) is 0 Å². The first-order valence-electron chi connectivity index (χ1n) is 0. The minimum absolute atomic E-state index is 0. The maximum Gasteiger partial charge on any atom is 0 e. The minimum atomic E-state index is 0. The molecule has 4 heavy (non-hydrogen) atoms. The smallest absolute Gasteiger partial charge is 0 e. The topological polar surface area (TPSA) is 0 Å². The molecule has 0 unspecified atom stereocenters. The fraction of sp³-hybridized carbons (Fsp3) is 0. The van der Waals surface area contributed by atoms with Crippen molar-refractivity contribution in [1.29, 1.82) is 0 Å². The Morgan fingerprint density at radius 2 is 1.00 bits per heavy atom. The van der Waals surface area contributed by atoms with Crippen molar-refractivity contribution >= 4 is 36.8 Å². The average Bonchev–Trinajstić information content (AvgIpc) is 0. The van der Waals surface area contributed by atoms with E-state index in [0.717, 1.165) is 0 Å². The Kier molecular flexibility index (Phi) is 154. The Labute approximate surface area is 74.4 Å². The van der Waals surface area contributed by atoms with Crippen molar-refractivity contribution in [2.45, 2.75) is 0 Å². The van der Waals surface area contributed by atoms with E-state index in [-0.39, 0.29) is 75.3 Å². The Morgan fingerprint density at radius 3 is 1.00 bits per heavy atom. The fourth-order valence-corrected chi connectivity index (χ4v) is 0. The first kappa shape index (κ1) is 33.4. The Hall–Kier alpha value is 2.31. The monoisotopic (exact) mass is 257 g/mol. The van der Waals surface area contributed by atoms with E-state index >= 15 is 0 Å².